The standard InChI is InChI=1S/C19H19ClFN5O2/c1-10-11(2)23-18-17(22-10)16(14-4-3-12(20)7-15(14)21)24-19(25-18)26-5-6-28-13(8-26)9-27/h3-4,7,13,27H,5-6,8-9H2,1-2H3. The first-order valence-electron chi connectivity index (χ1n) is 8.92. The maximum atomic E-state index is 14.7. The zero-order valence-corrected chi connectivity index (χ0v) is 16.2. The van der Waals surface area contributed by atoms with Gasteiger partial charge in [0.15, 0.2) is 5.65 Å². The van der Waals surface area contributed by atoms with Gasteiger partial charge in [-0.25, -0.2) is 19.3 Å². The van der Waals surface area contributed by atoms with Gasteiger partial charge in [0.05, 0.1) is 30.7 Å². The summed E-state index contributed by atoms with van der Waals surface area (Å²) >= 11 is 5.91. The number of benzene rings is 1. The average Bonchev–Trinajstić information content (AvgIpc) is 2.68. The number of morpholine rings is 1. The Labute approximate surface area is 166 Å². The first-order valence-corrected chi connectivity index (χ1v) is 9.30. The van der Waals surface area contributed by atoms with Crippen molar-refractivity contribution in [2.24, 2.45) is 0 Å². The van der Waals surface area contributed by atoms with Gasteiger partial charge < -0.3 is 14.7 Å². The molecular weight excluding hydrogens is 385 g/mol. The van der Waals surface area contributed by atoms with E-state index < -0.39 is 5.82 Å². The highest BCUT2D eigenvalue weighted by Crippen LogP contribution is 2.30. The number of fused-ring (bicyclic) bond motifs is 1. The number of hydrogen-bond acceptors (Lipinski definition) is 7. The molecule has 0 bridgehead atoms. The molecule has 1 N–H and O–H groups in total. The Morgan fingerprint density at radius 2 is 2.00 bits per heavy atom. The van der Waals surface area contributed by atoms with Crippen molar-refractivity contribution < 1.29 is 14.2 Å². The zero-order chi connectivity index (χ0) is 19.8. The van der Waals surface area contributed by atoms with Crippen LogP contribution in [0.5, 0.6) is 0 Å². The molecule has 1 saturated heterocycles. The molecule has 0 radical (unpaired) electrons. The Morgan fingerprint density at radius 1 is 1.21 bits per heavy atom. The van der Waals surface area contributed by atoms with E-state index in [1.165, 1.54) is 6.07 Å². The second-order valence-corrected chi connectivity index (χ2v) is 7.12. The molecule has 1 unspecified atom stereocenters. The predicted octanol–water partition coefficient (Wildman–Crippen LogP) is 2.69. The van der Waals surface area contributed by atoms with Crippen LogP contribution in [-0.4, -0.2) is 57.4 Å². The molecule has 4 rings (SSSR count). The van der Waals surface area contributed by atoms with Gasteiger partial charge in [-0.15, -0.1) is 0 Å². The summed E-state index contributed by atoms with van der Waals surface area (Å²) in [5.41, 5.74) is 2.94. The molecule has 0 aliphatic carbocycles. The normalized spacial score (nSPS) is 17.3. The molecule has 1 aromatic carbocycles. The lowest BCUT2D eigenvalue weighted by Gasteiger charge is -2.32. The molecule has 1 aliphatic heterocycles. The molecule has 0 saturated carbocycles. The smallest absolute Gasteiger partial charge is 0.228 e. The lowest BCUT2D eigenvalue weighted by Crippen LogP contribution is -2.44. The minimum Gasteiger partial charge on any atom is -0.394 e. The quantitative estimate of drug-likeness (QED) is 0.719. The molecule has 3 aromatic rings. The second-order valence-electron chi connectivity index (χ2n) is 6.68. The van der Waals surface area contributed by atoms with Crippen LogP contribution in [0.15, 0.2) is 18.2 Å². The molecule has 3 heterocycles. The number of halogens is 2. The molecule has 0 spiro atoms. The number of aliphatic hydroxyl groups is 1. The first kappa shape index (κ1) is 18.9. The SMILES string of the molecule is Cc1nc2nc(N3CCOC(CO)C3)nc(-c3ccc(Cl)cc3F)c2nc1C. The van der Waals surface area contributed by atoms with Crippen LogP contribution in [0.1, 0.15) is 11.4 Å². The third-order valence-corrected chi connectivity index (χ3v) is 4.98. The Morgan fingerprint density at radius 3 is 2.75 bits per heavy atom. The van der Waals surface area contributed by atoms with Crippen molar-refractivity contribution in [2.75, 3.05) is 31.2 Å². The number of hydrogen-bond donors (Lipinski definition) is 1. The number of aryl methyl sites for hydroxylation is 2. The molecule has 9 heteroatoms. The summed E-state index contributed by atoms with van der Waals surface area (Å²) in [6.07, 6.45) is -0.324. The number of nitrogens with zero attached hydrogens (tertiary/aromatic N) is 5. The molecule has 7 nitrogen and oxygen atoms in total. The molecule has 1 atom stereocenters. The maximum absolute atomic E-state index is 14.7. The van der Waals surface area contributed by atoms with Crippen LogP contribution in [-0.2, 0) is 4.74 Å². The van der Waals surface area contributed by atoms with Gasteiger partial charge in [0.1, 0.15) is 17.0 Å². The van der Waals surface area contributed by atoms with Gasteiger partial charge in [-0.2, -0.15) is 4.98 Å². The summed E-state index contributed by atoms with van der Waals surface area (Å²) in [6, 6.07) is 4.43. The van der Waals surface area contributed by atoms with E-state index in [0.717, 1.165) is 11.4 Å². The summed E-state index contributed by atoms with van der Waals surface area (Å²) in [7, 11) is 0. The number of ether oxygens (including phenoxy) is 1. The topological polar surface area (TPSA) is 84.3 Å². The van der Waals surface area contributed by atoms with Crippen LogP contribution < -0.4 is 4.90 Å². The van der Waals surface area contributed by atoms with E-state index in [-0.39, 0.29) is 18.3 Å². The summed E-state index contributed by atoms with van der Waals surface area (Å²) in [5, 5.41) is 9.72. The zero-order valence-electron chi connectivity index (χ0n) is 15.5. The summed E-state index contributed by atoms with van der Waals surface area (Å²) < 4.78 is 20.2. The second kappa shape index (κ2) is 7.54. The lowest BCUT2D eigenvalue weighted by molar-refractivity contribution is 0.00316. The summed E-state index contributed by atoms with van der Waals surface area (Å²) in [6.45, 7) is 5.02. The highest BCUT2D eigenvalue weighted by molar-refractivity contribution is 6.30. The minimum atomic E-state index is -0.492. The van der Waals surface area contributed by atoms with Gasteiger partial charge >= 0.3 is 0 Å². The molecule has 1 aliphatic rings. The molecule has 28 heavy (non-hydrogen) atoms. The molecule has 146 valence electrons. The Bertz CT molecular complexity index is 1050. The van der Waals surface area contributed by atoms with Crippen molar-refractivity contribution in [1.29, 1.82) is 0 Å². The monoisotopic (exact) mass is 403 g/mol. The van der Waals surface area contributed by atoms with Crippen LogP contribution in [0, 0.1) is 19.7 Å². The van der Waals surface area contributed by atoms with Crippen molar-refractivity contribution in [1.82, 2.24) is 19.9 Å². The van der Waals surface area contributed by atoms with Gasteiger partial charge in [0.25, 0.3) is 0 Å². The minimum absolute atomic E-state index is 0.0964. The van der Waals surface area contributed by atoms with Crippen molar-refractivity contribution in [3.8, 4) is 11.3 Å². The van der Waals surface area contributed by atoms with Crippen LogP contribution in [0.25, 0.3) is 22.4 Å². The highest BCUT2D eigenvalue weighted by atomic mass is 35.5. The molecule has 2 aromatic heterocycles. The van der Waals surface area contributed by atoms with E-state index in [2.05, 4.69) is 19.9 Å². The van der Waals surface area contributed by atoms with Gasteiger partial charge in [-0.05, 0) is 32.0 Å². The largest absolute Gasteiger partial charge is 0.394 e. The van der Waals surface area contributed by atoms with Crippen LogP contribution in [0.3, 0.4) is 0 Å². The fraction of sp³-hybridized carbons (Fsp3) is 0.368. The summed E-state index contributed by atoms with van der Waals surface area (Å²) in [4.78, 5) is 20.2. The van der Waals surface area contributed by atoms with Gasteiger partial charge in [0.2, 0.25) is 5.95 Å². The van der Waals surface area contributed by atoms with E-state index in [4.69, 9.17) is 16.3 Å². The van der Waals surface area contributed by atoms with Crippen molar-refractivity contribution in [3.63, 3.8) is 0 Å². The van der Waals surface area contributed by atoms with Crippen molar-refractivity contribution >= 4 is 28.7 Å². The number of rotatable bonds is 3. The Kier molecular flexibility index (Phi) is 5.09. The van der Waals surface area contributed by atoms with E-state index in [0.29, 0.717) is 47.5 Å². The van der Waals surface area contributed by atoms with Gasteiger partial charge in [-0.1, -0.05) is 11.6 Å². The Balaban J connectivity index is 1.92. The fourth-order valence-corrected chi connectivity index (χ4v) is 3.28. The van der Waals surface area contributed by atoms with Crippen molar-refractivity contribution in [3.05, 3.63) is 40.4 Å². The maximum Gasteiger partial charge on any atom is 0.228 e. The van der Waals surface area contributed by atoms with Crippen LogP contribution in [0.2, 0.25) is 5.02 Å². The van der Waals surface area contributed by atoms with Crippen molar-refractivity contribution in [2.45, 2.75) is 20.0 Å². The highest BCUT2D eigenvalue weighted by Gasteiger charge is 2.24. The number of aliphatic hydroxyl groups excluding tert-OH is 1. The first-order chi connectivity index (χ1) is 13.5. The lowest BCUT2D eigenvalue weighted by atomic mass is 10.1. The molecule has 0 amide bonds. The van der Waals surface area contributed by atoms with E-state index in [1.807, 2.05) is 18.7 Å². The fourth-order valence-electron chi connectivity index (χ4n) is 3.12. The molecular formula is C19H19ClFN5O2. The number of aromatic nitrogens is 4. The van der Waals surface area contributed by atoms with Gasteiger partial charge in [-0.3, -0.25) is 0 Å². The third-order valence-electron chi connectivity index (χ3n) is 4.74. The van der Waals surface area contributed by atoms with E-state index in [9.17, 15) is 9.50 Å². The van der Waals surface area contributed by atoms with Crippen LogP contribution in [0.4, 0.5) is 10.3 Å². The summed E-state index contributed by atoms with van der Waals surface area (Å²) in [5.74, 6) is -0.0927. The van der Waals surface area contributed by atoms with E-state index in [1.54, 1.807) is 12.1 Å². The number of anilines is 1. The predicted molar refractivity (Wildman–Crippen MR) is 104 cm³/mol. The van der Waals surface area contributed by atoms with Gasteiger partial charge in [0, 0.05) is 23.7 Å². The Hall–Kier alpha value is -2.42. The molecule has 1 fully saturated rings. The average molecular weight is 404 g/mol. The van der Waals surface area contributed by atoms with E-state index >= 15 is 0 Å². The third kappa shape index (κ3) is 3.50. The van der Waals surface area contributed by atoms with Crippen LogP contribution >= 0.6 is 11.6 Å².